The fourth-order valence-electron chi connectivity index (χ4n) is 2.83. The number of carbonyl (C=O) groups is 1. The number of benzene rings is 2. The van der Waals surface area contributed by atoms with E-state index < -0.39 is 10.1 Å². The average Bonchev–Trinajstić information content (AvgIpc) is 3.20. The van der Waals surface area contributed by atoms with Gasteiger partial charge >= 0.3 is 10.1 Å². The molecule has 0 atom stereocenters. The lowest BCUT2D eigenvalue weighted by molar-refractivity contribution is 0.0717. The predicted octanol–water partition coefficient (Wildman–Crippen LogP) is 4.12. The highest BCUT2D eigenvalue weighted by atomic mass is 35.5. The van der Waals surface area contributed by atoms with E-state index in [1.54, 1.807) is 53.4 Å². The molecule has 2 aromatic carbocycles. The number of methoxy groups -OCH3 is 1. The number of amides is 1. The highest BCUT2D eigenvalue weighted by Gasteiger charge is 2.19. The van der Waals surface area contributed by atoms with E-state index in [1.165, 1.54) is 19.4 Å². The van der Waals surface area contributed by atoms with Gasteiger partial charge in [0, 0.05) is 17.1 Å². The Kier molecular flexibility index (Phi) is 6.69. The van der Waals surface area contributed by atoms with Gasteiger partial charge < -0.3 is 18.2 Å². The summed E-state index contributed by atoms with van der Waals surface area (Å²) in [5.74, 6) is 0.697. The van der Waals surface area contributed by atoms with Crippen LogP contribution in [0.15, 0.2) is 65.3 Å². The van der Waals surface area contributed by atoms with Crippen LogP contribution in [0.2, 0.25) is 5.02 Å². The minimum atomic E-state index is -3.75. The molecule has 0 saturated carbocycles. The summed E-state index contributed by atoms with van der Waals surface area (Å²) in [6.07, 6.45) is 2.48. The Bertz CT molecular complexity index is 1110. The second-order valence-corrected chi connectivity index (χ2v) is 8.53. The Morgan fingerprint density at radius 2 is 1.80 bits per heavy atom. The van der Waals surface area contributed by atoms with Crippen LogP contribution in [-0.4, -0.2) is 32.6 Å². The lowest BCUT2D eigenvalue weighted by atomic mass is 10.1. The van der Waals surface area contributed by atoms with E-state index >= 15 is 0 Å². The molecule has 3 rings (SSSR count). The summed E-state index contributed by atoms with van der Waals surface area (Å²) in [5, 5.41) is 0.529. The van der Waals surface area contributed by atoms with Gasteiger partial charge in [-0.25, -0.2) is 0 Å². The molecule has 0 aliphatic heterocycles. The second-order valence-electron chi connectivity index (χ2n) is 6.52. The summed E-state index contributed by atoms with van der Waals surface area (Å²) < 4.78 is 38.7. The Morgan fingerprint density at radius 1 is 1.07 bits per heavy atom. The van der Waals surface area contributed by atoms with E-state index in [4.69, 9.17) is 24.9 Å². The first kappa shape index (κ1) is 21.7. The van der Waals surface area contributed by atoms with E-state index in [2.05, 4.69) is 0 Å². The Hall–Kier alpha value is -2.97. The zero-order chi connectivity index (χ0) is 21.7. The largest absolute Gasteiger partial charge is 0.493 e. The molecule has 0 aliphatic rings. The molecule has 30 heavy (non-hydrogen) atoms. The molecule has 0 saturated heterocycles. The van der Waals surface area contributed by atoms with Crippen molar-refractivity contribution < 1.29 is 26.5 Å². The number of hydrogen-bond acceptors (Lipinski definition) is 6. The Balaban J connectivity index is 1.91. The van der Waals surface area contributed by atoms with Crippen LogP contribution < -0.4 is 8.92 Å². The van der Waals surface area contributed by atoms with Crippen LogP contribution in [0.1, 0.15) is 21.7 Å². The molecule has 0 fully saturated rings. The smallest absolute Gasteiger partial charge is 0.306 e. The summed E-state index contributed by atoms with van der Waals surface area (Å²) in [4.78, 5) is 14.7. The standard InChI is InChI=1S/C21H20ClNO6S/c1-27-19-10-5-15(12-20(19)29-30(2,25)26)13-23(14-18-4-3-11-28-18)21(24)16-6-8-17(22)9-7-16/h3-12H,13-14H2,1-2H3. The number of furan rings is 1. The number of hydrogen-bond donors (Lipinski definition) is 0. The van der Waals surface area contributed by atoms with Crippen molar-refractivity contribution in [1.82, 2.24) is 4.90 Å². The Labute approximate surface area is 179 Å². The first-order chi connectivity index (χ1) is 14.2. The van der Waals surface area contributed by atoms with Crippen LogP contribution in [0.3, 0.4) is 0 Å². The molecule has 7 nitrogen and oxygen atoms in total. The van der Waals surface area contributed by atoms with Gasteiger partial charge in [0.1, 0.15) is 5.76 Å². The van der Waals surface area contributed by atoms with E-state index in [0.717, 1.165) is 6.26 Å². The van der Waals surface area contributed by atoms with Crippen LogP contribution in [0.4, 0.5) is 0 Å². The van der Waals surface area contributed by atoms with Crippen molar-refractivity contribution in [2.75, 3.05) is 13.4 Å². The molecule has 1 amide bonds. The molecule has 1 heterocycles. The predicted molar refractivity (Wildman–Crippen MR) is 112 cm³/mol. The Morgan fingerprint density at radius 3 is 2.40 bits per heavy atom. The first-order valence-electron chi connectivity index (χ1n) is 8.89. The van der Waals surface area contributed by atoms with Gasteiger partial charge in [0.15, 0.2) is 11.5 Å². The summed E-state index contributed by atoms with van der Waals surface area (Å²) in [5.41, 5.74) is 1.12. The van der Waals surface area contributed by atoms with Gasteiger partial charge in [-0.15, -0.1) is 0 Å². The third-order valence-corrected chi connectivity index (χ3v) is 4.88. The average molecular weight is 450 g/mol. The number of ether oxygens (including phenoxy) is 1. The van der Waals surface area contributed by atoms with Crippen molar-refractivity contribution in [3.8, 4) is 11.5 Å². The molecule has 0 N–H and O–H groups in total. The zero-order valence-electron chi connectivity index (χ0n) is 16.4. The maximum absolute atomic E-state index is 13.1. The van der Waals surface area contributed by atoms with Crippen LogP contribution in [0.5, 0.6) is 11.5 Å². The molecule has 1 aromatic heterocycles. The van der Waals surface area contributed by atoms with E-state index in [9.17, 15) is 13.2 Å². The summed E-state index contributed by atoms with van der Waals surface area (Å²) in [6.45, 7) is 0.412. The molecule has 0 unspecified atom stereocenters. The molecular formula is C21H20ClNO6S. The van der Waals surface area contributed by atoms with Gasteiger partial charge in [-0.05, 0) is 54.1 Å². The van der Waals surface area contributed by atoms with Crippen LogP contribution >= 0.6 is 11.6 Å². The second kappa shape index (κ2) is 9.23. The molecule has 158 valence electrons. The maximum atomic E-state index is 13.1. The minimum Gasteiger partial charge on any atom is -0.493 e. The van der Waals surface area contributed by atoms with Gasteiger partial charge in [0.25, 0.3) is 5.91 Å². The van der Waals surface area contributed by atoms with Gasteiger partial charge in [-0.2, -0.15) is 8.42 Å². The molecule has 0 bridgehead atoms. The lowest BCUT2D eigenvalue weighted by Crippen LogP contribution is -2.30. The summed E-state index contributed by atoms with van der Waals surface area (Å²) in [6, 6.07) is 14.9. The van der Waals surface area contributed by atoms with Crippen molar-refractivity contribution >= 4 is 27.6 Å². The highest BCUT2D eigenvalue weighted by molar-refractivity contribution is 7.86. The molecule has 3 aromatic rings. The molecule has 0 aliphatic carbocycles. The number of carbonyl (C=O) groups excluding carboxylic acids is 1. The van der Waals surface area contributed by atoms with E-state index in [0.29, 0.717) is 21.9 Å². The third-order valence-electron chi connectivity index (χ3n) is 4.15. The van der Waals surface area contributed by atoms with Gasteiger partial charge in [-0.1, -0.05) is 17.7 Å². The number of halogens is 1. The SMILES string of the molecule is COc1ccc(CN(Cc2ccco2)C(=O)c2ccc(Cl)cc2)cc1OS(C)(=O)=O. The number of nitrogens with zero attached hydrogens (tertiary/aromatic N) is 1. The monoisotopic (exact) mass is 449 g/mol. The van der Waals surface area contributed by atoms with Crippen molar-refractivity contribution in [3.63, 3.8) is 0 Å². The van der Waals surface area contributed by atoms with Crippen LogP contribution in [-0.2, 0) is 23.2 Å². The maximum Gasteiger partial charge on any atom is 0.306 e. The van der Waals surface area contributed by atoms with Crippen LogP contribution in [0.25, 0.3) is 0 Å². The molecule has 0 radical (unpaired) electrons. The summed E-state index contributed by atoms with van der Waals surface area (Å²) >= 11 is 5.92. The van der Waals surface area contributed by atoms with Crippen molar-refractivity contribution in [2.45, 2.75) is 13.1 Å². The quantitative estimate of drug-likeness (QED) is 0.481. The first-order valence-corrected chi connectivity index (χ1v) is 11.1. The van der Waals surface area contributed by atoms with E-state index in [1.807, 2.05) is 0 Å². The topological polar surface area (TPSA) is 86.0 Å². The van der Waals surface area contributed by atoms with Crippen molar-refractivity contribution in [3.05, 3.63) is 82.8 Å². The van der Waals surface area contributed by atoms with E-state index in [-0.39, 0.29) is 30.5 Å². The molecule has 0 spiro atoms. The van der Waals surface area contributed by atoms with Gasteiger partial charge in [0.2, 0.25) is 0 Å². The lowest BCUT2D eigenvalue weighted by Gasteiger charge is -2.22. The highest BCUT2D eigenvalue weighted by Crippen LogP contribution is 2.30. The van der Waals surface area contributed by atoms with Gasteiger partial charge in [-0.3, -0.25) is 4.79 Å². The minimum absolute atomic E-state index is 0.0504. The fourth-order valence-corrected chi connectivity index (χ4v) is 3.42. The zero-order valence-corrected chi connectivity index (χ0v) is 17.9. The third kappa shape index (κ3) is 5.77. The number of rotatable bonds is 8. The van der Waals surface area contributed by atoms with Crippen LogP contribution in [0, 0.1) is 0 Å². The van der Waals surface area contributed by atoms with Gasteiger partial charge in [0.05, 0.1) is 26.2 Å². The normalized spacial score (nSPS) is 11.2. The molecule has 9 heteroatoms. The summed E-state index contributed by atoms with van der Waals surface area (Å²) in [7, 11) is -2.33. The van der Waals surface area contributed by atoms with Crippen molar-refractivity contribution in [1.29, 1.82) is 0 Å². The van der Waals surface area contributed by atoms with Crippen molar-refractivity contribution in [2.24, 2.45) is 0 Å². The fraction of sp³-hybridized carbons (Fsp3) is 0.190. The molecular weight excluding hydrogens is 430 g/mol.